The number of nitrogens with zero attached hydrogens (tertiary/aromatic N) is 1. The minimum absolute atomic E-state index is 0.244. The molecular formula is C16H34N2O2S2Si. The maximum atomic E-state index is 7.56. The molecule has 0 amide bonds. The molecule has 0 spiro atoms. The second-order valence-electron chi connectivity index (χ2n) is 5.24. The zero-order chi connectivity index (χ0) is 18.1. The van der Waals surface area contributed by atoms with Crippen LogP contribution >= 0.6 is 24.4 Å². The molecule has 0 bridgehead atoms. The van der Waals surface area contributed by atoms with Crippen LogP contribution in [0.3, 0.4) is 0 Å². The summed E-state index contributed by atoms with van der Waals surface area (Å²) in [6.45, 7) is 12.4. The fraction of sp³-hybridized carbons (Fsp3) is 0.750. The molecule has 3 N–H and O–H groups in total. The predicted molar refractivity (Wildman–Crippen MR) is 112 cm³/mol. The quantitative estimate of drug-likeness (QED) is 0.428. The number of rotatable bonds is 5. The Morgan fingerprint density at radius 2 is 1.70 bits per heavy atom. The lowest BCUT2D eigenvalue weighted by Crippen LogP contribution is -2.30. The van der Waals surface area contributed by atoms with E-state index in [1.807, 2.05) is 11.8 Å². The Hall–Kier alpha value is -0.663. The number of aliphatic hydroxyl groups excluding tert-OH is 1. The van der Waals surface area contributed by atoms with Crippen LogP contribution in [0, 0.1) is 0 Å². The predicted octanol–water partition coefficient (Wildman–Crippen LogP) is 4.02. The molecule has 0 aromatic carbocycles. The van der Waals surface area contributed by atoms with Crippen molar-refractivity contribution in [2.45, 2.75) is 58.2 Å². The average Bonchev–Trinajstić information content (AvgIpc) is 2.50. The van der Waals surface area contributed by atoms with Crippen LogP contribution in [0.5, 0.6) is 0 Å². The lowest BCUT2D eigenvalue weighted by molar-refractivity contribution is 0.264. The Balaban J connectivity index is 0. The van der Waals surface area contributed by atoms with Gasteiger partial charge in [-0.15, -0.1) is 6.58 Å². The fourth-order valence-electron chi connectivity index (χ4n) is 2.36. The Morgan fingerprint density at radius 1 is 1.22 bits per heavy atom. The molecule has 1 saturated heterocycles. The van der Waals surface area contributed by atoms with E-state index in [1.165, 1.54) is 25.3 Å². The van der Waals surface area contributed by atoms with Gasteiger partial charge in [-0.3, -0.25) is 0 Å². The van der Waals surface area contributed by atoms with Gasteiger partial charge in [-0.05, 0) is 51.3 Å². The van der Waals surface area contributed by atoms with Crippen LogP contribution in [0.1, 0.15) is 40.0 Å². The van der Waals surface area contributed by atoms with E-state index in [1.54, 1.807) is 12.1 Å². The summed E-state index contributed by atoms with van der Waals surface area (Å²) in [5.74, 6) is 0. The van der Waals surface area contributed by atoms with Crippen LogP contribution in [0.15, 0.2) is 12.7 Å². The lowest BCUT2D eigenvalue weighted by atomic mass is 10.3. The molecular weight excluding hydrogens is 344 g/mol. The van der Waals surface area contributed by atoms with E-state index >= 15 is 0 Å². The van der Waals surface area contributed by atoms with E-state index in [2.05, 4.69) is 44.5 Å². The van der Waals surface area contributed by atoms with E-state index in [0.717, 1.165) is 13.1 Å². The first-order chi connectivity index (χ1) is 10.9. The number of thiocarbonyl (C=S) groups is 2. The highest BCUT2D eigenvalue weighted by Gasteiger charge is 2.12. The number of ether oxygens (including phenoxy) is 1. The lowest BCUT2D eigenvalue weighted by Gasteiger charge is -2.20. The van der Waals surface area contributed by atoms with Crippen LogP contribution in [-0.4, -0.2) is 48.8 Å². The monoisotopic (exact) mass is 378 g/mol. The zero-order valence-electron chi connectivity index (χ0n) is 14.9. The Kier molecular flexibility index (Phi) is 18.9. The fourth-order valence-corrected chi connectivity index (χ4v) is 5.69. The molecule has 1 heterocycles. The number of nitrogens with two attached hydrogens (primary N) is 1. The minimum atomic E-state index is -0.500. The molecule has 0 aliphatic carbocycles. The van der Waals surface area contributed by atoms with Gasteiger partial charge in [-0.2, -0.15) is 0 Å². The van der Waals surface area contributed by atoms with Crippen molar-refractivity contribution < 1.29 is 9.84 Å². The smallest absolute Gasteiger partial charge is 0.259 e. The first-order valence-corrected chi connectivity index (χ1v) is 11.7. The Labute approximate surface area is 154 Å². The summed E-state index contributed by atoms with van der Waals surface area (Å²) in [6.07, 6.45) is 6.66. The summed E-state index contributed by atoms with van der Waals surface area (Å²) in [4.78, 5) is 2.01. The maximum Gasteiger partial charge on any atom is 0.259 e. The number of hydrogen-bond acceptors (Lipinski definition) is 3. The zero-order valence-corrected chi connectivity index (χ0v) is 17.7. The molecule has 1 aliphatic heterocycles. The molecule has 136 valence electrons. The van der Waals surface area contributed by atoms with Gasteiger partial charge >= 0.3 is 0 Å². The molecule has 1 fully saturated rings. The van der Waals surface area contributed by atoms with Gasteiger partial charge in [-0.1, -0.05) is 37.4 Å². The summed E-state index contributed by atoms with van der Waals surface area (Å²) in [5, 5.41) is 7.68. The highest BCUT2D eigenvalue weighted by Crippen LogP contribution is 2.21. The second-order valence-corrected chi connectivity index (χ2v) is 9.36. The van der Waals surface area contributed by atoms with E-state index in [-0.39, 0.29) is 8.80 Å². The summed E-state index contributed by atoms with van der Waals surface area (Å²) in [5.41, 5.74) is 4.40. The van der Waals surface area contributed by atoms with E-state index in [4.69, 9.17) is 22.1 Å². The standard InChI is InChI=1S/C8H16Si.C7H15NOS.CH3NOS/c1-2-6-9-7-4-3-5-8-9;1-4-8(5-2)7(10)9-6-3;2-1(3)4/h2,9H,1,3-8H2;4-6H2,1-3H3;(H3,2,3,4). The molecule has 0 aromatic heterocycles. The maximum absolute atomic E-state index is 7.56. The normalized spacial score (nSPS) is 13.5. The van der Waals surface area contributed by atoms with Crippen molar-refractivity contribution in [2.24, 2.45) is 5.73 Å². The highest BCUT2D eigenvalue weighted by atomic mass is 32.1. The molecule has 23 heavy (non-hydrogen) atoms. The van der Waals surface area contributed by atoms with E-state index in [9.17, 15) is 0 Å². The van der Waals surface area contributed by atoms with Gasteiger partial charge in [0.2, 0.25) is 0 Å². The minimum Gasteiger partial charge on any atom is -0.487 e. The van der Waals surface area contributed by atoms with Crippen LogP contribution < -0.4 is 5.73 Å². The number of hydrogen-bond donors (Lipinski definition) is 2. The van der Waals surface area contributed by atoms with Gasteiger partial charge in [0.05, 0.1) is 6.61 Å². The van der Waals surface area contributed by atoms with Crippen molar-refractivity contribution in [3.63, 3.8) is 0 Å². The van der Waals surface area contributed by atoms with E-state index < -0.39 is 5.17 Å². The summed E-state index contributed by atoms with van der Waals surface area (Å²) in [7, 11) is -0.244. The Morgan fingerprint density at radius 3 is 2.04 bits per heavy atom. The van der Waals surface area contributed by atoms with Gasteiger partial charge < -0.3 is 20.5 Å². The molecule has 7 heteroatoms. The van der Waals surface area contributed by atoms with Gasteiger partial charge in [0.25, 0.3) is 10.3 Å². The Bertz CT molecular complexity index is 317. The van der Waals surface area contributed by atoms with Crippen molar-refractivity contribution in [1.29, 1.82) is 0 Å². The molecule has 1 rings (SSSR count). The van der Waals surface area contributed by atoms with Gasteiger partial charge in [0, 0.05) is 21.9 Å². The van der Waals surface area contributed by atoms with Crippen molar-refractivity contribution in [3.05, 3.63) is 12.7 Å². The third-order valence-corrected chi connectivity index (χ3v) is 7.34. The van der Waals surface area contributed by atoms with Crippen molar-refractivity contribution in [2.75, 3.05) is 19.7 Å². The van der Waals surface area contributed by atoms with Gasteiger partial charge in [0.1, 0.15) is 0 Å². The molecule has 0 atom stereocenters. The first kappa shape index (κ1) is 24.6. The van der Waals surface area contributed by atoms with Gasteiger partial charge in [0.15, 0.2) is 0 Å². The molecule has 1 aliphatic rings. The van der Waals surface area contributed by atoms with Crippen LogP contribution in [0.25, 0.3) is 0 Å². The van der Waals surface area contributed by atoms with Gasteiger partial charge in [-0.25, -0.2) is 0 Å². The molecule has 4 nitrogen and oxygen atoms in total. The SMILES string of the molecule is C=CC[SiH]1CCCCC1.CCOC(=S)N(CC)CC.NC(O)=S. The van der Waals surface area contributed by atoms with Crippen LogP contribution in [-0.2, 0) is 4.74 Å². The van der Waals surface area contributed by atoms with Crippen LogP contribution in [0.2, 0.25) is 18.1 Å². The van der Waals surface area contributed by atoms with E-state index in [0.29, 0.717) is 11.8 Å². The van der Waals surface area contributed by atoms with Crippen molar-refractivity contribution >= 4 is 43.6 Å². The number of aliphatic hydroxyl groups is 1. The van der Waals surface area contributed by atoms with Crippen molar-refractivity contribution in [1.82, 2.24) is 4.90 Å². The molecule has 0 saturated carbocycles. The highest BCUT2D eigenvalue weighted by molar-refractivity contribution is 7.80. The molecule has 0 aromatic rings. The second kappa shape index (κ2) is 17.7. The molecule has 0 radical (unpaired) electrons. The number of allylic oxidation sites excluding steroid dienone is 1. The topological polar surface area (TPSA) is 58.7 Å². The third kappa shape index (κ3) is 17.5. The van der Waals surface area contributed by atoms with Crippen LogP contribution in [0.4, 0.5) is 0 Å². The summed E-state index contributed by atoms with van der Waals surface area (Å²) >= 11 is 8.85. The average molecular weight is 379 g/mol. The molecule has 0 unspecified atom stereocenters. The van der Waals surface area contributed by atoms with Crippen molar-refractivity contribution in [3.8, 4) is 0 Å². The third-order valence-electron chi connectivity index (χ3n) is 3.51. The first-order valence-electron chi connectivity index (χ1n) is 8.43. The summed E-state index contributed by atoms with van der Waals surface area (Å²) in [6, 6.07) is 4.57. The summed E-state index contributed by atoms with van der Waals surface area (Å²) < 4.78 is 5.14. The largest absolute Gasteiger partial charge is 0.487 e.